The van der Waals surface area contributed by atoms with Gasteiger partial charge in [-0.3, -0.25) is 9.78 Å². The van der Waals surface area contributed by atoms with Crippen LogP contribution in [0.15, 0.2) is 72.9 Å². The number of hydrogen-bond acceptors (Lipinski definition) is 4. The summed E-state index contributed by atoms with van der Waals surface area (Å²) in [4.78, 5) is 21.2. The molecule has 170 valence electrons. The monoisotopic (exact) mass is 442 g/mol. The number of ether oxygens (including phenoxy) is 1. The molecular formula is C27H30N4O2. The third kappa shape index (κ3) is 5.58. The van der Waals surface area contributed by atoms with E-state index in [4.69, 9.17) is 9.72 Å². The third-order valence-corrected chi connectivity index (χ3v) is 5.91. The molecule has 4 rings (SSSR count). The minimum absolute atomic E-state index is 0.178. The second-order valence-electron chi connectivity index (χ2n) is 8.12. The number of nitrogens with zero attached hydrogens (tertiary/aromatic N) is 3. The van der Waals surface area contributed by atoms with Crippen LogP contribution in [0.2, 0.25) is 0 Å². The van der Waals surface area contributed by atoms with Crippen molar-refractivity contribution < 1.29 is 9.53 Å². The number of hydrogen-bond donors (Lipinski definition) is 1. The molecule has 2 heterocycles. The molecule has 6 nitrogen and oxygen atoms in total. The second kappa shape index (κ2) is 10.8. The number of pyridine rings is 1. The Morgan fingerprint density at radius 2 is 1.85 bits per heavy atom. The van der Waals surface area contributed by atoms with Crippen molar-refractivity contribution in [3.63, 3.8) is 0 Å². The van der Waals surface area contributed by atoms with Crippen LogP contribution in [-0.2, 0) is 13.0 Å². The van der Waals surface area contributed by atoms with Crippen molar-refractivity contribution in [3.8, 4) is 5.75 Å². The molecule has 0 bridgehead atoms. The van der Waals surface area contributed by atoms with Gasteiger partial charge in [0.05, 0.1) is 17.6 Å². The van der Waals surface area contributed by atoms with Crippen molar-refractivity contribution in [1.29, 1.82) is 0 Å². The van der Waals surface area contributed by atoms with E-state index in [1.165, 1.54) is 5.56 Å². The van der Waals surface area contributed by atoms with Crippen LogP contribution >= 0.6 is 0 Å². The number of para-hydroxylation sites is 2. The number of fused-ring (bicyclic) bond motifs is 1. The normalized spacial score (nSPS) is 11.9. The SMILES string of the molecule is CCC(C)c1ccc(OCCn2c(CCNC(=O)c3ccccn3)nc3ccccc32)cc1. The standard InChI is InChI=1S/C27H30N4O2/c1-3-20(2)21-11-13-22(14-12-21)33-19-18-31-25-10-5-4-8-23(25)30-26(31)15-17-29-27(32)24-9-6-7-16-28-24/h4-14,16,20H,3,15,17-19H2,1-2H3,(H,29,32). The Labute approximate surface area is 194 Å². The fourth-order valence-electron chi connectivity index (χ4n) is 3.82. The van der Waals surface area contributed by atoms with Crippen molar-refractivity contribution in [1.82, 2.24) is 19.9 Å². The van der Waals surface area contributed by atoms with Crippen LogP contribution in [0.25, 0.3) is 11.0 Å². The number of aromatic nitrogens is 3. The van der Waals surface area contributed by atoms with Crippen LogP contribution in [0.3, 0.4) is 0 Å². The van der Waals surface area contributed by atoms with E-state index in [1.807, 2.05) is 30.3 Å². The molecule has 0 fully saturated rings. The van der Waals surface area contributed by atoms with E-state index in [0.717, 1.165) is 29.0 Å². The summed E-state index contributed by atoms with van der Waals surface area (Å²) >= 11 is 0. The average molecular weight is 443 g/mol. The molecule has 4 aromatic rings. The zero-order chi connectivity index (χ0) is 23.0. The molecule has 1 unspecified atom stereocenters. The minimum atomic E-state index is -0.178. The predicted molar refractivity (Wildman–Crippen MR) is 131 cm³/mol. The highest BCUT2D eigenvalue weighted by Gasteiger charge is 2.12. The third-order valence-electron chi connectivity index (χ3n) is 5.91. The molecule has 0 spiro atoms. The summed E-state index contributed by atoms with van der Waals surface area (Å²) in [6.45, 7) is 6.14. The van der Waals surface area contributed by atoms with E-state index in [1.54, 1.807) is 24.4 Å². The van der Waals surface area contributed by atoms with Crippen molar-refractivity contribution in [2.75, 3.05) is 13.2 Å². The Morgan fingerprint density at radius 1 is 1.06 bits per heavy atom. The van der Waals surface area contributed by atoms with Crippen LogP contribution in [0.1, 0.15) is 48.1 Å². The molecule has 0 aliphatic heterocycles. The Bertz CT molecular complexity index is 1190. The first-order chi connectivity index (χ1) is 16.2. The number of nitrogens with one attached hydrogen (secondary N) is 1. The second-order valence-corrected chi connectivity index (χ2v) is 8.12. The molecule has 0 saturated heterocycles. The molecule has 0 saturated carbocycles. The van der Waals surface area contributed by atoms with Crippen molar-refractivity contribution in [3.05, 3.63) is 90.0 Å². The Kier molecular flexibility index (Phi) is 7.35. The number of rotatable bonds is 10. The largest absolute Gasteiger partial charge is 0.492 e. The van der Waals surface area contributed by atoms with Gasteiger partial charge >= 0.3 is 0 Å². The van der Waals surface area contributed by atoms with E-state index < -0.39 is 0 Å². The summed E-state index contributed by atoms with van der Waals surface area (Å²) in [6, 6.07) is 21.8. The first kappa shape index (κ1) is 22.5. The van der Waals surface area contributed by atoms with Gasteiger partial charge in [0.2, 0.25) is 0 Å². The zero-order valence-corrected chi connectivity index (χ0v) is 19.2. The lowest BCUT2D eigenvalue weighted by Gasteiger charge is -2.13. The summed E-state index contributed by atoms with van der Waals surface area (Å²) in [5.74, 6) is 2.17. The maximum Gasteiger partial charge on any atom is 0.269 e. The zero-order valence-electron chi connectivity index (χ0n) is 19.2. The fraction of sp³-hybridized carbons (Fsp3) is 0.296. The van der Waals surface area contributed by atoms with E-state index in [0.29, 0.717) is 37.7 Å². The van der Waals surface area contributed by atoms with E-state index in [2.05, 4.69) is 46.9 Å². The highest BCUT2D eigenvalue weighted by atomic mass is 16.5. The molecule has 0 aliphatic carbocycles. The Hall–Kier alpha value is -3.67. The summed E-state index contributed by atoms with van der Waals surface area (Å²) in [7, 11) is 0. The molecule has 1 N–H and O–H groups in total. The average Bonchev–Trinajstić information content (AvgIpc) is 3.21. The molecular weight excluding hydrogens is 412 g/mol. The molecule has 2 aromatic heterocycles. The van der Waals surface area contributed by atoms with Crippen LogP contribution in [0, 0.1) is 0 Å². The van der Waals surface area contributed by atoms with Crippen molar-refractivity contribution in [2.24, 2.45) is 0 Å². The van der Waals surface area contributed by atoms with E-state index >= 15 is 0 Å². The van der Waals surface area contributed by atoms with Gasteiger partial charge in [0.25, 0.3) is 5.91 Å². The summed E-state index contributed by atoms with van der Waals surface area (Å²) < 4.78 is 8.20. The van der Waals surface area contributed by atoms with E-state index in [9.17, 15) is 4.79 Å². The smallest absolute Gasteiger partial charge is 0.269 e. The number of amides is 1. The lowest BCUT2D eigenvalue weighted by molar-refractivity contribution is 0.0949. The number of carbonyl (C=O) groups is 1. The minimum Gasteiger partial charge on any atom is -0.492 e. The number of imidazole rings is 1. The van der Waals surface area contributed by atoms with Gasteiger partial charge in [0, 0.05) is 19.2 Å². The maximum atomic E-state index is 12.3. The maximum absolute atomic E-state index is 12.3. The number of benzene rings is 2. The van der Waals surface area contributed by atoms with Crippen LogP contribution in [0.4, 0.5) is 0 Å². The van der Waals surface area contributed by atoms with Crippen LogP contribution in [-0.4, -0.2) is 33.6 Å². The van der Waals surface area contributed by atoms with E-state index in [-0.39, 0.29) is 5.91 Å². The molecule has 0 aliphatic rings. The van der Waals surface area contributed by atoms with Gasteiger partial charge < -0.3 is 14.6 Å². The lowest BCUT2D eigenvalue weighted by atomic mass is 9.99. The molecule has 1 amide bonds. The first-order valence-corrected chi connectivity index (χ1v) is 11.5. The molecule has 6 heteroatoms. The van der Waals surface area contributed by atoms with Gasteiger partial charge in [-0.1, -0.05) is 44.2 Å². The molecule has 1 atom stereocenters. The fourth-order valence-corrected chi connectivity index (χ4v) is 3.82. The first-order valence-electron chi connectivity index (χ1n) is 11.5. The highest BCUT2D eigenvalue weighted by molar-refractivity contribution is 5.92. The molecule has 2 aromatic carbocycles. The molecule has 0 radical (unpaired) electrons. The van der Waals surface area contributed by atoms with Gasteiger partial charge in [-0.15, -0.1) is 0 Å². The Balaban J connectivity index is 1.39. The predicted octanol–water partition coefficient (Wildman–Crippen LogP) is 5.00. The lowest BCUT2D eigenvalue weighted by Crippen LogP contribution is -2.27. The van der Waals surface area contributed by atoms with Crippen LogP contribution in [0.5, 0.6) is 5.75 Å². The summed E-state index contributed by atoms with van der Waals surface area (Å²) in [5, 5.41) is 2.93. The van der Waals surface area contributed by atoms with Gasteiger partial charge in [-0.25, -0.2) is 4.98 Å². The summed E-state index contributed by atoms with van der Waals surface area (Å²) in [5.41, 5.74) is 3.76. The van der Waals surface area contributed by atoms with Gasteiger partial charge in [0.1, 0.15) is 23.9 Å². The van der Waals surface area contributed by atoms with Gasteiger partial charge in [0.15, 0.2) is 0 Å². The van der Waals surface area contributed by atoms with Gasteiger partial charge in [-0.05, 0) is 54.3 Å². The topological polar surface area (TPSA) is 69.0 Å². The van der Waals surface area contributed by atoms with Crippen molar-refractivity contribution >= 4 is 16.9 Å². The quantitative estimate of drug-likeness (QED) is 0.375. The van der Waals surface area contributed by atoms with Crippen molar-refractivity contribution in [2.45, 2.75) is 39.2 Å². The van der Waals surface area contributed by atoms with Gasteiger partial charge in [-0.2, -0.15) is 0 Å². The molecule has 33 heavy (non-hydrogen) atoms. The highest BCUT2D eigenvalue weighted by Crippen LogP contribution is 2.22. The van der Waals surface area contributed by atoms with Crippen LogP contribution < -0.4 is 10.1 Å². The Morgan fingerprint density at radius 3 is 2.61 bits per heavy atom. The summed E-state index contributed by atoms with van der Waals surface area (Å²) in [6.07, 6.45) is 3.36. The number of carbonyl (C=O) groups excluding carboxylic acids is 1.